The summed E-state index contributed by atoms with van der Waals surface area (Å²) in [6.07, 6.45) is 4.90. The molecule has 0 unspecified atom stereocenters. The molecule has 124 valence electrons. The van der Waals surface area contributed by atoms with E-state index in [1.165, 1.54) is 16.7 Å². The quantitative estimate of drug-likeness (QED) is 0.877. The molecule has 2 aliphatic rings. The maximum absolute atomic E-state index is 12.9. The van der Waals surface area contributed by atoms with Gasteiger partial charge in [0.15, 0.2) is 0 Å². The smallest absolute Gasteiger partial charge is 0.314 e. The van der Waals surface area contributed by atoms with Crippen molar-refractivity contribution in [1.29, 1.82) is 0 Å². The maximum atomic E-state index is 12.9. The second-order valence-electron chi connectivity index (χ2n) is 6.53. The first-order valence-electron chi connectivity index (χ1n) is 8.49. The molecular weight excluding hydrogens is 290 g/mol. The first-order chi connectivity index (χ1) is 11.1. The van der Waals surface area contributed by atoms with E-state index < -0.39 is 0 Å². The molecule has 2 N–H and O–H groups in total. The van der Waals surface area contributed by atoms with Gasteiger partial charge in [0.05, 0.1) is 0 Å². The molecule has 3 rings (SSSR count). The van der Waals surface area contributed by atoms with E-state index in [1.807, 2.05) is 11.0 Å². The van der Waals surface area contributed by atoms with Gasteiger partial charge in [-0.05, 0) is 61.8 Å². The number of rotatable bonds is 2. The minimum atomic E-state index is -0.147. The lowest BCUT2D eigenvalue weighted by Gasteiger charge is -2.32. The van der Waals surface area contributed by atoms with Crippen LogP contribution in [-0.2, 0) is 12.8 Å². The fourth-order valence-electron chi connectivity index (χ4n) is 3.74. The van der Waals surface area contributed by atoms with Crippen LogP contribution in [0.2, 0.25) is 0 Å². The number of nitrogens with zero attached hydrogens (tertiary/aromatic N) is 1. The number of aryl methyl sites for hydroxylation is 1. The number of likely N-dealkylation sites (tertiary alicyclic amines) is 1. The topological polar surface area (TPSA) is 61.4 Å². The average molecular weight is 315 g/mol. The second kappa shape index (κ2) is 6.60. The van der Waals surface area contributed by atoms with Gasteiger partial charge in [-0.2, -0.15) is 0 Å². The highest BCUT2D eigenvalue weighted by atomic mass is 16.2. The Kier molecular flexibility index (Phi) is 4.55. The summed E-state index contributed by atoms with van der Waals surface area (Å²) in [5.74, 6) is 0.154. The van der Waals surface area contributed by atoms with Gasteiger partial charge >= 0.3 is 6.03 Å². The van der Waals surface area contributed by atoms with E-state index in [9.17, 15) is 9.59 Å². The molecule has 3 amide bonds. The lowest BCUT2D eigenvalue weighted by molar-refractivity contribution is 0.0707. The fourth-order valence-corrected chi connectivity index (χ4v) is 3.74. The van der Waals surface area contributed by atoms with Gasteiger partial charge in [0.2, 0.25) is 0 Å². The molecule has 1 heterocycles. The SMILES string of the molecule is CNC(=O)NC1CCN(C(=O)c2ccc(C)c3c2CCC3)CC1. The van der Waals surface area contributed by atoms with E-state index in [0.29, 0.717) is 13.1 Å². The highest BCUT2D eigenvalue weighted by molar-refractivity contribution is 5.96. The van der Waals surface area contributed by atoms with Crippen molar-refractivity contribution in [2.75, 3.05) is 20.1 Å². The van der Waals surface area contributed by atoms with Crippen molar-refractivity contribution in [2.24, 2.45) is 0 Å². The van der Waals surface area contributed by atoms with Crippen molar-refractivity contribution in [1.82, 2.24) is 15.5 Å². The molecule has 5 nitrogen and oxygen atoms in total. The third-order valence-electron chi connectivity index (χ3n) is 5.09. The Morgan fingerprint density at radius 2 is 1.83 bits per heavy atom. The molecule has 0 spiro atoms. The molecule has 1 aromatic rings. The van der Waals surface area contributed by atoms with Crippen molar-refractivity contribution in [2.45, 2.75) is 45.1 Å². The summed E-state index contributed by atoms with van der Waals surface area (Å²) in [5.41, 5.74) is 4.84. The van der Waals surface area contributed by atoms with Crippen LogP contribution in [0.25, 0.3) is 0 Å². The standard InChI is InChI=1S/C18H25N3O2/c1-12-6-7-16(15-5-3-4-14(12)15)17(22)21-10-8-13(9-11-21)20-18(23)19-2/h6-7,13H,3-5,8-11H2,1-2H3,(H2,19,20,23). The van der Waals surface area contributed by atoms with Crippen molar-refractivity contribution in [3.63, 3.8) is 0 Å². The van der Waals surface area contributed by atoms with Gasteiger partial charge in [0.1, 0.15) is 0 Å². The van der Waals surface area contributed by atoms with E-state index in [0.717, 1.165) is 37.7 Å². The highest BCUT2D eigenvalue weighted by Crippen LogP contribution is 2.29. The van der Waals surface area contributed by atoms with Gasteiger partial charge < -0.3 is 15.5 Å². The largest absolute Gasteiger partial charge is 0.341 e. The number of hydrogen-bond donors (Lipinski definition) is 2. The molecule has 0 saturated carbocycles. The summed E-state index contributed by atoms with van der Waals surface area (Å²) >= 11 is 0. The molecule has 1 fully saturated rings. The van der Waals surface area contributed by atoms with Crippen LogP contribution in [0.4, 0.5) is 4.79 Å². The van der Waals surface area contributed by atoms with Gasteiger partial charge in [-0.25, -0.2) is 4.79 Å². The Balaban J connectivity index is 1.67. The minimum Gasteiger partial charge on any atom is -0.341 e. The number of urea groups is 1. The summed E-state index contributed by atoms with van der Waals surface area (Å²) in [6, 6.07) is 4.09. The van der Waals surface area contributed by atoms with Crippen LogP contribution >= 0.6 is 0 Å². The first kappa shape index (κ1) is 15.8. The number of nitrogens with one attached hydrogen (secondary N) is 2. The number of benzene rings is 1. The summed E-state index contributed by atoms with van der Waals surface area (Å²) in [6.45, 7) is 3.54. The molecular formula is C18H25N3O2. The zero-order valence-corrected chi connectivity index (χ0v) is 13.9. The lowest BCUT2D eigenvalue weighted by atomic mass is 9.97. The second-order valence-corrected chi connectivity index (χ2v) is 6.53. The summed E-state index contributed by atoms with van der Waals surface area (Å²) < 4.78 is 0. The molecule has 1 aliphatic heterocycles. The van der Waals surface area contributed by atoms with Crippen LogP contribution in [-0.4, -0.2) is 43.0 Å². The number of piperidine rings is 1. The normalized spacial score (nSPS) is 17.7. The molecule has 1 aromatic carbocycles. The predicted molar refractivity (Wildman–Crippen MR) is 89.7 cm³/mol. The van der Waals surface area contributed by atoms with E-state index in [4.69, 9.17) is 0 Å². The Morgan fingerprint density at radius 3 is 2.52 bits per heavy atom. The zero-order chi connectivity index (χ0) is 16.4. The van der Waals surface area contributed by atoms with Crippen molar-refractivity contribution in [3.8, 4) is 0 Å². The number of carbonyl (C=O) groups is 2. The van der Waals surface area contributed by atoms with Gasteiger partial charge in [0, 0.05) is 31.7 Å². The van der Waals surface area contributed by atoms with Crippen LogP contribution in [0.1, 0.15) is 46.3 Å². The third kappa shape index (κ3) is 3.19. The van der Waals surface area contributed by atoms with Gasteiger partial charge in [-0.3, -0.25) is 4.79 Å². The Bertz CT molecular complexity index is 619. The maximum Gasteiger partial charge on any atom is 0.314 e. The van der Waals surface area contributed by atoms with Gasteiger partial charge in [-0.1, -0.05) is 6.07 Å². The zero-order valence-electron chi connectivity index (χ0n) is 13.9. The van der Waals surface area contributed by atoms with Crippen LogP contribution in [0.5, 0.6) is 0 Å². The average Bonchev–Trinajstić information content (AvgIpc) is 3.06. The molecule has 0 atom stereocenters. The number of carbonyl (C=O) groups excluding carboxylic acids is 2. The minimum absolute atomic E-state index is 0.147. The summed E-state index contributed by atoms with van der Waals surface area (Å²) in [5, 5.41) is 5.50. The summed E-state index contributed by atoms with van der Waals surface area (Å²) in [7, 11) is 1.62. The molecule has 0 radical (unpaired) electrons. The van der Waals surface area contributed by atoms with E-state index in [-0.39, 0.29) is 18.0 Å². The third-order valence-corrected chi connectivity index (χ3v) is 5.09. The monoisotopic (exact) mass is 315 g/mol. The highest BCUT2D eigenvalue weighted by Gasteiger charge is 2.27. The predicted octanol–water partition coefficient (Wildman–Crippen LogP) is 2.02. The van der Waals surface area contributed by atoms with E-state index >= 15 is 0 Å². The molecule has 0 aromatic heterocycles. The molecule has 1 aliphatic carbocycles. The Morgan fingerprint density at radius 1 is 1.13 bits per heavy atom. The first-order valence-corrected chi connectivity index (χ1v) is 8.49. The molecule has 5 heteroatoms. The number of hydrogen-bond acceptors (Lipinski definition) is 2. The Hall–Kier alpha value is -2.04. The molecule has 0 bridgehead atoms. The van der Waals surface area contributed by atoms with Gasteiger partial charge in [0.25, 0.3) is 5.91 Å². The van der Waals surface area contributed by atoms with Crippen LogP contribution in [0.15, 0.2) is 12.1 Å². The van der Waals surface area contributed by atoms with Crippen LogP contribution in [0, 0.1) is 6.92 Å². The van der Waals surface area contributed by atoms with Crippen molar-refractivity contribution < 1.29 is 9.59 Å². The number of amides is 3. The van der Waals surface area contributed by atoms with Crippen molar-refractivity contribution >= 4 is 11.9 Å². The van der Waals surface area contributed by atoms with E-state index in [1.54, 1.807) is 7.05 Å². The number of fused-ring (bicyclic) bond motifs is 1. The lowest BCUT2D eigenvalue weighted by Crippen LogP contribution is -2.48. The summed E-state index contributed by atoms with van der Waals surface area (Å²) in [4.78, 5) is 26.2. The molecule has 1 saturated heterocycles. The van der Waals surface area contributed by atoms with Crippen LogP contribution < -0.4 is 10.6 Å². The van der Waals surface area contributed by atoms with Crippen molar-refractivity contribution in [3.05, 3.63) is 34.4 Å². The molecule has 23 heavy (non-hydrogen) atoms. The van der Waals surface area contributed by atoms with Crippen LogP contribution in [0.3, 0.4) is 0 Å². The fraction of sp³-hybridized carbons (Fsp3) is 0.556. The van der Waals surface area contributed by atoms with Gasteiger partial charge in [-0.15, -0.1) is 0 Å². The Labute approximate surface area is 137 Å². The van der Waals surface area contributed by atoms with E-state index in [2.05, 4.69) is 23.6 Å².